The topological polar surface area (TPSA) is 96.5 Å². The predicted octanol–water partition coefficient (Wildman–Crippen LogP) is 0.499. The maximum Gasteiger partial charge on any atom is 0.240 e. The molecule has 0 spiro atoms. The zero-order valence-corrected chi connectivity index (χ0v) is 14.4. The highest BCUT2D eigenvalue weighted by molar-refractivity contribution is 7.89. The lowest BCUT2D eigenvalue weighted by Gasteiger charge is -2.12. The minimum absolute atomic E-state index is 0. The molecule has 0 fully saturated rings. The summed E-state index contributed by atoms with van der Waals surface area (Å²) in [7, 11) is -0.616. The molecule has 0 aliphatic carbocycles. The Balaban J connectivity index is 0.00000441. The molecule has 22 heavy (non-hydrogen) atoms. The first-order chi connectivity index (χ1) is 9.92. The third-order valence-corrected chi connectivity index (χ3v) is 4.44. The molecule has 0 heterocycles. The Morgan fingerprint density at radius 2 is 2.00 bits per heavy atom. The van der Waals surface area contributed by atoms with Gasteiger partial charge >= 0.3 is 0 Å². The van der Waals surface area contributed by atoms with Gasteiger partial charge in [0.1, 0.15) is 0 Å². The van der Waals surface area contributed by atoms with Gasteiger partial charge in [0.25, 0.3) is 0 Å². The molecule has 9 heteroatoms. The van der Waals surface area contributed by atoms with E-state index in [-0.39, 0.29) is 29.8 Å². The van der Waals surface area contributed by atoms with Crippen molar-refractivity contribution in [3.63, 3.8) is 0 Å². The lowest BCUT2D eigenvalue weighted by Crippen LogP contribution is -2.30. The number of carbonyl (C=O) groups excluding carboxylic acids is 1. The van der Waals surface area contributed by atoms with Gasteiger partial charge in [0, 0.05) is 19.3 Å². The quantitative estimate of drug-likeness (QED) is 0.593. The largest absolute Gasteiger partial charge is 0.383 e. The maximum atomic E-state index is 11.9. The average molecular weight is 352 g/mol. The van der Waals surface area contributed by atoms with E-state index >= 15 is 0 Å². The molecule has 1 rings (SSSR count). The maximum absolute atomic E-state index is 11.9. The SMILES string of the molecule is CNS(=O)(=O)c1cccc(NC(=O)CNCCOC)c1C.Cl. The highest BCUT2D eigenvalue weighted by Gasteiger charge is 2.17. The minimum Gasteiger partial charge on any atom is -0.383 e. The zero-order valence-electron chi connectivity index (χ0n) is 12.8. The number of rotatable bonds is 8. The number of anilines is 1. The van der Waals surface area contributed by atoms with Gasteiger partial charge < -0.3 is 15.4 Å². The fourth-order valence-electron chi connectivity index (χ4n) is 1.72. The molecule has 0 atom stereocenters. The van der Waals surface area contributed by atoms with Gasteiger partial charge in [0.05, 0.1) is 18.0 Å². The summed E-state index contributed by atoms with van der Waals surface area (Å²) in [5, 5.41) is 5.60. The number of hydrogen-bond donors (Lipinski definition) is 3. The Kier molecular flexibility index (Phi) is 9.22. The molecular weight excluding hydrogens is 330 g/mol. The highest BCUT2D eigenvalue weighted by Crippen LogP contribution is 2.22. The molecule has 1 amide bonds. The molecular formula is C13H22ClN3O4S. The van der Waals surface area contributed by atoms with Crippen molar-refractivity contribution in [3.05, 3.63) is 23.8 Å². The van der Waals surface area contributed by atoms with Crippen LogP contribution in [-0.4, -0.2) is 48.2 Å². The molecule has 0 saturated carbocycles. The van der Waals surface area contributed by atoms with E-state index in [1.807, 2.05) is 0 Å². The number of sulfonamides is 1. The Bertz CT molecular complexity index is 593. The second-order valence-corrected chi connectivity index (χ2v) is 6.21. The Morgan fingerprint density at radius 1 is 1.32 bits per heavy atom. The minimum atomic E-state index is -3.54. The van der Waals surface area contributed by atoms with Crippen molar-refractivity contribution in [1.82, 2.24) is 10.0 Å². The third-order valence-electron chi connectivity index (χ3n) is 2.88. The molecule has 0 aliphatic rings. The molecule has 1 aromatic rings. The summed E-state index contributed by atoms with van der Waals surface area (Å²) in [6, 6.07) is 4.75. The van der Waals surface area contributed by atoms with Crippen molar-refractivity contribution in [3.8, 4) is 0 Å². The molecule has 126 valence electrons. The van der Waals surface area contributed by atoms with E-state index in [9.17, 15) is 13.2 Å². The number of amides is 1. The lowest BCUT2D eigenvalue weighted by atomic mass is 10.2. The number of carbonyl (C=O) groups is 1. The normalized spacial score (nSPS) is 10.9. The van der Waals surface area contributed by atoms with E-state index < -0.39 is 10.0 Å². The number of halogens is 1. The number of benzene rings is 1. The van der Waals surface area contributed by atoms with E-state index in [0.717, 1.165) is 0 Å². The summed E-state index contributed by atoms with van der Waals surface area (Å²) in [5.74, 6) is -0.242. The monoisotopic (exact) mass is 351 g/mol. The van der Waals surface area contributed by atoms with Gasteiger partial charge in [-0.2, -0.15) is 0 Å². The summed E-state index contributed by atoms with van der Waals surface area (Å²) < 4.78 is 30.8. The van der Waals surface area contributed by atoms with Crippen LogP contribution in [0.5, 0.6) is 0 Å². The van der Waals surface area contributed by atoms with E-state index in [1.54, 1.807) is 26.2 Å². The number of ether oxygens (including phenoxy) is 1. The molecule has 7 nitrogen and oxygen atoms in total. The van der Waals surface area contributed by atoms with E-state index in [4.69, 9.17) is 4.74 Å². The van der Waals surface area contributed by atoms with Crippen molar-refractivity contribution < 1.29 is 17.9 Å². The van der Waals surface area contributed by atoms with Gasteiger partial charge in [-0.05, 0) is 31.7 Å². The molecule has 0 saturated heterocycles. The van der Waals surface area contributed by atoms with Crippen LogP contribution in [0.4, 0.5) is 5.69 Å². The standard InChI is InChI=1S/C13H21N3O4S.ClH/c1-10-11(16-13(17)9-15-7-8-20-3)5-4-6-12(10)21(18,19)14-2;/h4-6,14-15H,7-9H2,1-3H3,(H,16,17);1H. The van der Waals surface area contributed by atoms with E-state index in [0.29, 0.717) is 24.4 Å². The molecule has 0 aliphatic heterocycles. The van der Waals surface area contributed by atoms with Crippen molar-refractivity contribution in [2.75, 3.05) is 39.2 Å². The van der Waals surface area contributed by atoms with Crippen LogP contribution in [0.25, 0.3) is 0 Å². The average Bonchev–Trinajstić information content (AvgIpc) is 2.45. The Labute approximate surface area is 137 Å². The number of nitrogens with one attached hydrogen (secondary N) is 3. The Morgan fingerprint density at radius 3 is 2.59 bits per heavy atom. The Hall–Kier alpha value is -1.19. The molecule has 0 unspecified atom stereocenters. The summed E-state index contributed by atoms with van der Waals surface area (Å²) in [6.45, 7) is 2.86. The van der Waals surface area contributed by atoms with Gasteiger partial charge in [-0.3, -0.25) is 4.79 Å². The van der Waals surface area contributed by atoms with Crippen LogP contribution in [-0.2, 0) is 19.6 Å². The summed E-state index contributed by atoms with van der Waals surface area (Å²) in [4.78, 5) is 11.9. The first kappa shape index (κ1) is 20.8. The van der Waals surface area contributed by atoms with Gasteiger partial charge in [-0.1, -0.05) is 6.07 Å². The van der Waals surface area contributed by atoms with Gasteiger partial charge in [-0.15, -0.1) is 12.4 Å². The molecule has 0 radical (unpaired) electrons. The summed E-state index contributed by atoms with van der Waals surface area (Å²) in [6.07, 6.45) is 0. The highest BCUT2D eigenvalue weighted by atomic mass is 35.5. The number of methoxy groups -OCH3 is 1. The number of hydrogen-bond acceptors (Lipinski definition) is 5. The van der Waals surface area contributed by atoms with Gasteiger partial charge in [-0.25, -0.2) is 13.1 Å². The fourth-order valence-corrected chi connectivity index (χ4v) is 2.71. The van der Waals surface area contributed by atoms with Crippen LogP contribution < -0.4 is 15.4 Å². The molecule has 1 aromatic carbocycles. The van der Waals surface area contributed by atoms with Crippen molar-refractivity contribution in [2.45, 2.75) is 11.8 Å². The van der Waals surface area contributed by atoms with Crippen molar-refractivity contribution in [2.24, 2.45) is 0 Å². The van der Waals surface area contributed by atoms with Crippen LogP contribution in [0.1, 0.15) is 5.56 Å². The van der Waals surface area contributed by atoms with Crippen LogP contribution in [0.3, 0.4) is 0 Å². The van der Waals surface area contributed by atoms with Crippen LogP contribution >= 0.6 is 12.4 Å². The second kappa shape index (κ2) is 9.75. The fraction of sp³-hybridized carbons (Fsp3) is 0.462. The third kappa shape index (κ3) is 5.90. The van der Waals surface area contributed by atoms with Gasteiger partial charge in [0.15, 0.2) is 0 Å². The van der Waals surface area contributed by atoms with E-state index in [2.05, 4.69) is 15.4 Å². The molecule has 0 bridgehead atoms. The first-order valence-corrected chi connectivity index (χ1v) is 7.93. The summed E-state index contributed by atoms with van der Waals surface area (Å²) in [5.41, 5.74) is 0.974. The van der Waals surface area contributed by atoms with Crippen molar-refractivity contribution >= 4 is 34.0 Å². The molecule has 3 N–H and O–H groups in total. The second-order valence-electron chi connectivity index (χ2n) is 4.35. The first-order valence-electron chi connectivity index (χ1n) is 6.45. The van der Waals surface area contributed by atoms with Crippen molar-refractivity contribution in [1.29, 1.82) is 0 Å². The molecule has 0 aromatic heterocycles. The van der Waals surface area contributed by atoms with Gasteiger partial charge in [0.2, 0.25) is 15.9 Å². The van der Waals surface area contributed by atoms with Crippen LogP contribution in [0.2, 0.25) is 0 Å². The smallest absolute Gasteiger partial charge is 0.240 e. The predicted molar refractivity (Wildman–Crippen MR) is 88.0 cm³/mol. The lowest BCUT2D eigenvalue weighted by molar-refractivity contribution is -0.115. The van der Waals surface area contributed by atoms with Crippen LogP contribution in [0, 0.1) is 6.92 Å². The zero-order chi connectivity index (χ0) is 15.9. The summed E-state index contributed by atoms with van der Waals surface area (Å²) >= 11 is 0. The van der Waals surface area contributed by atoms with Crippen LogP contribution in [0.15, 0.2) is 23.1 Å². The van der Waals surface area contributed by atoms with E-state index in [1.165, 1.54) is 13.1 Å².